The lowest BCUT2D eigenvalue weighted by molar-refractivity contribution is -0.143. The monoisotopic (exact) mass is 486 g/mol. The Hall–Kier alpha value is -3.13. The molecule has 2 aromatic rings. The average Bonchev–Trinajstić information content (AvgIpc) is 2.77. The first-order valence-electron chi connectivity index (χ1n) is 12.0. The van der Waals surface area contributed by atoms with Gasteiger partial charge in [0, 0.05) is 12.8 Å². The summed E-state index contributed by atoms with van der Waals surface area (Å²) in [6, 6.07) is 11.8. The summed E-state index contributed by atoms with van der Waals surface area (Å²) in [5.74, 6) is -0.643. The van der Waals surface area contributed by atoms with E-state index in [0.717, 1.165) is 21.9 Å². The Kier molecular flexibility index (Phi) is 10.5. The number of aryl methyl sites for hydroxylation is 1. The van der Waals surface area contributed by atoms with Crippen LogP contribution < -0.4 is 11.1 Å². The second-order valence-electron chi connectivity index (χ2n) is 9.59. The van der Waals surface area contributed by atoms with E-state index in [-0.39, 0.29) is 18.5 Å². The van der Waals surface area contributed by atoms with Gasteiger partial charge in [0.15, 0.2) is 0 Å². The molecule has 0 heterocycles. The van der Waals surface area contributed by atoms with Crippen LogP contribution in [0.2, 0.25) is 0 Å². The number of esters is 1. The summed E-state index contributed by atoms with van der Waals surface area (Å²) in [5, 5.41) is 4.95. The van der Waals surface area contributed by atoms with Crippen molar-refractivity contribution in [1.29, 1.82) is 0 Å². The van der Waals surface area contributed by atoms with Crippen LogP contribution in [-0.2, 0) is 36.8 Å². The molecule has 0 aromatic heterocycles. The highest BCUT2D eigenvalue weighted by Gasteiger charge is 2.24. The van der Waals surface area contributed by atoms with Gasteiger partial charge in [0.1, 0.15) is 5.60 Å². The summed E-state index contributed by atoms with van der Waals surface area (Å²) in [6.07, 6.45) is 0.481. The molecular weight excluding hydrogens is 448 g/mol. The molecule has 2 rings (SSSR count). The number of hydrogen-bond acceptors (Lipinski definition) is 6. The lowest BCUT2D eigenvalue weighted by Gasteiger charge is -2.27. The molecule has 0 saturated heterocycles. The van der Waals surface area contributed by atoms with Crippen LogP contribution in [-0.4, -0.2) is 42.3 Å². The number of rotatable bonds is 12. The van der Waals surface area contributed by atoms with E-state index in [2.05, 4.69) is 17.4 Å². The fourth-order valence-corrected chi connectivity index (χ4v) is 3.60. The van der Waals surface area contributed by atoms with E-state index in [4.69, 9.17) is 19.9 Å². The molecule has 35 heavy (non-hydrogen) atoms. The minimum Gasteiger partial charge on any atom is -0.466 e. The maximum absolute atomic E-state index is 12.3. The van der Waals surface area contributed by atoms with Crippen molar-refractivity contribution in [2.45, 2.75) is 84.7 Å². The fourth-order valence-electron chi connectivity index (χ4n) is 3.60. The third-order valence-electron chi connectivity index (χ3n) is 5.38. The smallest absolute Gasteiger partial charge is 0.407 e. The van der Waals surface area contributed by atoms with Crippen molar-refractivity contribution in [3.05, 3.63) is 47.5 Å². The van der Waals surface area contributed by atoms with Gasteiger partial charge in [-0.15, -0.1) is 0 Å². The zero-order valence-electron chi connectivity index (χ0n) is 21.4. The van der Waals surface area contributed by atoms with Gasteiger partial charge in [0.05, 0.1) is 25.4 Å². The Morgan fingerprint density at radius 2 is 1.66 bits per heavy atom. The molecular formula is C27H38N2O6. The van der Waals surface area contributed by atoms with E-state index in [9.17, 15) is 14.4 Å². The van der Waals surface area contributed by atoms with Gasteiger partial charge < -0.3 is 25.3 Å². The van der Waals surface area contributed by atoms with Crippen LogP contribution in [0.5, 0.6) is 0 Å². The van der Waals surface area contributed by atoms with Gasteiger partial charge >= 0.3 is 12.1 Å². The van der Waals surface area contributed by atoms with Gasteiger partial charge in [-0.3, -0.25) is 9.59 Å². The maximum Gasteiger partial charge on any atom is 0.407 e. The summed E-state index contributed by atoms with van der Waals surface area (Å²) in [5.41, 5.74) is 6.70. The zero-order valence-corrected chi connectivity index (χ0v) is 21.4. The number of alkyl carbamates (subject to hydrolysis) is 1. The molecule has 2 aromatic carbocycles. The molecule has 0 bridgehead atoms. The van der Waals surface area contributed by atoms with Gasteiger partial charge in [0.2, 0.25) is 5.91 Å². The quantitative estimate of drug-likeness (QED) is 0.430. The maximum atomic E-state index is 12.3. The Morgan fingerprint density at radius 3 is 2.29 bits per heavy atom. The van der Waals surface area contributed by atoms with E-state index in [1.807, 2.05) is 31.2 Å². The molecule has 0 spiro atoms. The lowest BCUT2D eigenvalue weighted by Crippen LogP contribution is -2.45. The number of nitrogens with one attached hydrogen (secondary N) is 1. The van der Waals surface area contributed by atoms with Crippen LogP contribution in [0.1, 0.15) is 65.0 Å². The van der Waals surface area contributed by atoms with Gasteiger partial charge in [-0.25, -0.2) is 4.79 Å². The number of nitrogens with two attached hydrogens (primary N) is 1. The summed E-state index contributed by atoms with van der Waals surface area (Å²) in [7, 11) is 0. The molecule has 0 unspecified atom stereocenters. The second kappa shape index (κ2) is 13.1. The lowest BCUT2D eigenvalue weighted by atomic mass is 10.0. The summed E-state index contributed by atoms with van der Waals surface area (Å²) >= 11 is 0. The van der Waals surface area contributed by atoms with Crippen LogP contribution in [0.4, 0.5) is 4.79 Å². The van der Waals surface area contributed by atoms with Crippen molar-refractivity contribution in [2.24, 2.45) is 5.73 Å². The Morgan fingerprint density at radius 1 is 1.00 bits per heavy atom. The van der Waals surface area contributed by atoms with Gasteiger partial charge in [0.25, 0.3) is 0 Å². The van der Waals surface area contributed by atoms with E-state index in [1.165, 1.54) is 0 Å². The standard InChI is InChI=1S/C27H38N2O6/c1-6-33-25(31)14-9-19-7-10-21-11-8-20(16-22(21)15-19)17-34-18(2)23(12-13-24(28)30)29-26(32)35-27(3,4)5/h7-8,10-11,15-16,18,23H,6,9,12-14,17H2,1-5H3,(H2,28,30)(H,29,32)/t18-,23+/m1/s1. The average molecular weight is 487 g/mol. The highest BCUT2D eigenvalue weighted by atomic mass is 16.6. The first-order valence-corrected chi connectivity index (χ1v) is 12.0. The number of amides is 2. The Bertz CT molecular complexity index is 1010. The molecule has 2 atom stereocenters. The van der Waals surface area contributed by atoms with Gasteiger partial charge in [-0.1, -0.05) is 30.3 Å². The Balaban J connectivity index is 2.04. The molecule has 8 heteroatoms. The third-order valence-corrected chi connectivity index (χ3v) is 5.38. The molecule has 0 radical (unpaired) electrons. The zero-order chi connectivity index (χ0) is 26.0. The summed E-state index contributed by atoms with van der Waals surface area (Å²) < 4.78 is 16.4. The number of ether oxygens (including phenoxy) is 3. The number of carbonyl (C=O) groups is 3. The molecule has 0 fully saturated rings. The molecule has 0 aliphatic rings. The number of primary amides is 1. The minimum atomic E-state index is -0.636. The number of hydrogen-bond donors (Lipinski definition) is 2. The van der Waals surface area contributed by atoms with Crippen molar-refractivity contribution < 1.29 is 28.6 Å². The normalized spacial score (nSPS) is 13.2. The SMILES string of the molecule is CCOC(=O)CCc1ccc2ccc(CO[C@H](C)[C@H](CCC(N)=O)NC(=O)OC(C)(C)C)cc2c1. The predicted molar refractivity (Wildman–Crippen MR) is 135 cm³/mol. The third kappa shape index (κ3) is 10.3. The van der Waals surface area contributed by atoms with Crippen LogP contribution in [0, 0.1) is 0 Å². The Labute approximate surface area is 207 Å². The minimum absolute atomic E-state index is 0.124. The number of fused-ring (bicyclic) bond motifs is 1. The van der Waals surface area contributed by atoms with Crippen molar-refractivity contribution >= 4 is 28.7 Å². The first kappa shape index (κ1) is 28.1. The van der Waals surface area contributed by atoms with Crippen molar-refractivity contribution in [2.75, 3.05) is 6.61 Å². The molecule has 8 nitrogen and oxygen atoms in total. The van der Waals surface area contributed by atoms with E-state index < -0.39 is 23.6 Å². The topological polar surface area (TPSA) is 117 Å². The largest absolute Gasteiger partial charge is 0.466 e. The highest BCUT2D eigenvalue weighted by molar-refractivity contribution is 5.84. The van der Waals surface area contributed by atoms with Crippen LogP contribution in [0.25, 0.3) is 10.8 Å². The highest BCUT2D eigenvalue weighted by Crippen LogP contribution is 2.20. The summed E-state index contributed by atoms with van der Waals surface area (Å²) in [6.45, 7) is 9.71. The molecule has 0 aliphatic carbocycles. The molecule has 192 valence electrons. The molecule has 0 saturated carbocycles. The van der Waals surface area contributed by atoms with Crippen LogP contribution in [0.3, 0.4) is 0 Å². The number of carbonyl (C=O) groups excluding carboxylic acids is 3. The van der Waals surface area contributed by atoms with Crippen LogP contribution >= 0.6 is 0 Å². The van der Waals surface area contributed by atoms with Crippen molar-refractivity contribution in [1.82, 2.24) is 5.32 Å². The van der Waals surface area contributed by atoms with E-state index in [1.54, 1.807) is 27.7 Å². The van der Waals surface area contributed by atoms with E-state index >= 15 is 0 Å². The van der Waals surface area contributed by atoms with Crippen molar-refractivity contribution in [3.63, 3.8) is 0 Å². The van der Waals surface area contributed by atoms with Crippen LogP contribution in [0.15, 0.2) is 36.4 Å². The van der Waals surface area contributed by atoms with Gasteiger partial charge in [-0.2, -0.15) is 0 Å². The predicted octanol–water partition coefficient (Wildman–Crippen LogP) is 4.40. The first-order chi connectivity index (χ1) is 16.5. The molecule has 3 N–H and O–H groups in total. The second-order valence-corrected chi connectivity index (χ2v) is 9.59. The molecule has 2 amide bonds. The fraction of sp³-hybridized carbons (Fsp3) is 0.519. The number of benzene rings is 2. The van der Waals surface area contributed by atoms with Crippen molar-refractivity contribution in [3.8, 4) is 0 Å². The summed E-state index contributed by atoms with van der Waals surface area (Å²) in [4.78, 5) is 35.2. The van der Waals surface area contributed by atoms with Gasteiger partial charge in [-0.05, 0) is 75.4 Å². The molecule has 0 aliphatic heterocycles. The van der Waals surface area contributed by atoms with E-state index in [0.29, 0.717) is 32.5 Å².